The Hall–Kier alpha value is -0.0400. The van der Waals surface area contributed by atoms with E-state index in [1.165, 1.54) is 19.3 Å². The fraction of sp³-hybridized carbons (Fsp3) is 1.00. The summed E-state index contributed by atoms with van der Waals surface area (Å²) in [6.07, 6.45) is 4.86. The van der Waals surface area contributed by atoms with Crippen LogP contribution < -0.4 is 0 Å². The fourth-order valence-corrected chi connectivity index (χ4v) is 1.44. The highest BCUT2D eigenvalue weighted by atomic mass is 16.3. The topological polar surface area (TPSA) is 20.2 Å². The third-order valence-electron chi connectivity index (χ3n) is 2.49. The van der Waals surface area contributed by atoms with Crippen LogP contribution in [0.5, 0.6) is 0 Å². The molecule has 1 aliphatic rings. The molecule has 0 aromatic heterocycles. The fourth-order valence-electron chi connectivity index (χ4n) is 1.44. The van der Waals surface area contributed by atoms with Gasteiger partial charge in [0.1, 0.15) is 0 Å². The van der Waals surface area contributed by atoms with Gasteiger partial charge in [0, 0.05) is 0 Å². The molecule has 0 saturated heterocycles. The van der Waals surface area contributed by atoms with E-state index in [0.717, 1.165) is 12.3 Å². The van der Waals surface area contributed by atoms with Gasteiger partial charge in [-0.2, -0.15) is 0 Å². The van der Waals surface area contributed by atoms with Gasteiger partial charge in [-0.05, 0) is 31.1 Å². The average Bonchev–Trinajstić information content (AvgIpc) is 1.84. The zero-order chi connectivity index (χ0) is 7.56. The highest BCUT2D eigenvalue weighted by Crippen LogP contribution is 2.32. The van der Waals surface area contributed by atoms with E-state index < -0.39 is 0 Å². The molecule has 1 saturated carbocycles. The van der Waals surface area contributed by atoms with Crippen LogP contribution in [0.3, 0.4) is 0 Å². The molecular formula is C9H18O. The van der Waals surface area contributed by atoms with Crippen LogP contribution in [0.25, 0.3) is 0 Å². The molecule has 0 heterocycles. The summed E-state index contributed by atoms with van der Waals surface area (Å²) in [5.41, 5.74) is 0. The summed E-state index contributed by atoms with van der Waals surface area (Å²) in [4.78, 5) is 0. The Morgan fingerprint density at radius 1 is 1.40 bits per heavy atom. The van der Waals surface area contributed by atoms with Gasteiger partial charge in [0.15, 0.2) is 0 Å². The highest BCUT2D eigenvalue weighted by molar-refractivity contribution is 4.79. The SMILES string of the molecule is CC(C)CCC1CCC1O. The normalized spacial score (nSPS) is 32.4. The van der Waals surface area contributed by atoms with Crippen molar-refractivity contribution < 1.29 is 5.11 Å². The van der Waals surface area contributed by atoms with Crippen molar-refractivity contribution in [2.24, 2.45) is 11.8 Å². The molecule has 2 atom stereocenters. The first-order valence-corrected chi connectivity index (χ1v) is 4.38. The van der Waals surface area contributed by atoms with Gasteiger partial charge in [0.05, 0.1) is 6.10 Å². The Labute approximate surface area is 63.4 Å². The lowest BCUT2D eigenvalue weighted by Gasteiger charge is -2.32. The van der Waals surface area contributed by atoms with Crippen LogP contribution in [0.4, 0.5) is 0 Å². The number of hydrogen-bond donors (Lipinski definition) is 1. The van der Waals surface area contributed by atoms with Gasteiger partial charge in [0.25, 0.3) is 0 Å². The zero-order valence-electron chi connectivity index (χ0n) is 7.01. The maximum Gasteiger partial charge on any atom is 0.0568 e. The molecule has 2 unspecified atom stereocenters. The minimum absolute atomic E-state index is 0.0405. The zero-order valence-corrected chi connectivity index (χ0v) is 7.01. The van der Waals surface area contributed by atoms with Crippen LogP contribution in [0.1, 0.15) is 39.5 Å². The minimum Gasteiger partial charge on any atom is -0.393 e. The van der Waals surface area contributed by atoms with Crippen LogP contribution in [0.15, 0.2) is 0 Å². The van der Waals surface area contributed by atoms with E-state index in [1.54, 1.807) is 0 Å². The second-order valence-corrected chi connectivity index (χ2v) is 3.88. The van der Waals surface area contributed by atoms with E-state index in [0.29, 0.717) is 5.92 Å². The standard InChI is InChI=1S/C9H18O/c1-7(2)3-4-8-5-6-9(8)10/h7-10H,3-6H2,1-2H3. The number of rotatable bonds is 3. The molecule has 0 aliphatic heterocycles. The Morgan fingerprint density at radius 2 is 2.10 bits per heavy atom. The van der Waals surface area contributed by atoms with Gasteiger partial charge in [-0.1, -0.05) is 20.3 Å². The third-order valence-corrected chi connectivity index (χ3v) is 2.49. The van der Waals surface area contributed by atoms with Crippen LogP contribution in [-0.2, 0) is 0 Å². The molecule has 1 rings (SSSR count). The average molecular weight is 142 g/mol. The predicted molar refractivity (Wildman–Crippen MR) is 42.8 cm³/mol. The summed E-state index contributed by atoms with van der Waals surface area (Å²) >= 11 is 0. The monoisotopic (exact) mass is 142 g/mol. The summed E-state index contributed by atoms with van der Waals surface area (Å²) < 4.78 is 0. The van der Waals surface area contributed by atoms with Crippen LogP contribution in [0, 0.1) is 11.8 Å². The summed E-state index contributed by atoms with van der Waals surface area (Å²) in [6, 6.07) is 0. The van der Waals surface area contributed by atoms with Crippen molar-refractivity contribution in [3.63, 3.8) is 0 Å². The molecule has 60 valence electrons. The minimum atomic E-state index is 0.0405. The van der Waals surface area contributed by atoms with Crippen molar-refractivity contribution in [3.05, 3.63) is 0 Å². The summed E-state index contributed by atoms with van der Waals surface area (Å²) in [5.74, 6) is 1.44. The summed E-state index contributed by atoms with van der Waals surface area (Å²) in [6.45, 7) is 4.48. The largest absolute Gasteiger partial charge is 0.393 e. The molecule has 1 aliphatic carbocycles. The molecular weight excluding hydrogens is 124 g/mol. The van der Waals surface area contributed by atoms with Crippen molar-refractivity contribution >= 4 is 0 Å². The van der Waals surface area contributed by atoms with Crippen molar-refractivity contribution in [1.82, 2.24) is 0 Å². The van der Waals surface area contributed by atoms with Gasteiger partial charge in [0.2, 0.25) is 0 Å². The Bertz CT molecular complexity index is 98.9. The van der Waals surface area contributed by atoms with Gasteiger partial charge in [-0.3, -0.25) is 0 Å². The molecule has 0 radical (unpaired) electrons. The molecule has 0 bridgehead atoms. The van der Waals surface area contributed by atoms with Crippen molar-refractivity contribution in [2.45, 2.75) is 45.6 Å². The van der Waals surface area contributed by atoms with E-state index in [-0.39, 0.29) is 6.10 Å². The summed E-state index contributed by atoms with van der Waals surface area (Å²) in [7, 11) is 0. The second kappa shape index (κ2) is 3.38. The first-order chi connectivity index (χ1) is 4.70. The van der Waals surface area contributed by atoms with E-state index in [2.05, 4.69) is 13.8 Å². The Morgan fingerprint density at radius 3 is 2.40 bits per heavy atom. The molecule has 0 spiro atoms. The number of aliphatic hydroxyl groups is 1. The molecule has 10 heavy (non-hydrogen) atoms. The van der Waals surface area contributed by atoms with Gasteiger partial charge in [-0.15, -0.1) is 0 Å². The van der Waals surface area contributed by atoms with Gasteiger partial charge < -0.3 is 5.11 Å². The highest BCUT2D eigenvalue weighted by Gasteiger charge is 2.27. The number of aliphatic hydroxyl groups excluding tert-OH is 1. The van der Waals surface area contributed by atoms with E-state index >= 15 is 0 Å². The molecule has 1 heteroatoms. The molecule has 0 aromatic carbocycles. The van der Waals surface area contributed by atoms with Crippen LogP contribution in [-0.4, -0.2) is 11.2 Å². The lowest BCUT2D eigenvalue weighted by Crippen LogP contribution is -2.31. The quantitative estimate of drug-likeness (QED) is 0.640. The van der Waals surface area contributed by atoms with E-state index in [9.17, 15) is 5.11 Å². The van der Waals surface area contributed by atoms with Crippen LogP contribution >= 0.6 is 0 Å². The molecule has 0 aromatic rings. The predicted octanol–water partition coefficient (Wildman–Crippen LogP) is 2.19. The number of hydrogen-bond acceptors (Lipinski definition) is 1. The molecule has 0 amide bonds. The maximum absolute atomic E-state index is 9.22. The smallest absolute Gasteiger partial charge is 0.0568 e. The first kappa shape index (κ1) is 8.06. The Kier molecular flexibility index (Phi) is 2.72. The molecule has 1 N–H and O–H groups in total. The van der Waals surface area contributed by atoms with Gasteiger partial charge >= 0.3 is 0 Å². The van der Waals surface area contributed by atoms with E-state index in [4.69, 9.17) is 0 Å². The van der Waals surface area contributed by atoms with Crippen LogP contribution in [0.2, 0.25) is 0 Å². The van der Waals surface area contributed by atoms with Gasteiger partial charge in [-0.25, -0.2) is 0 Å². The lowest BCUT2D eigenvalue weighted by atomic mass is 9.78. The molecule has 1 nitrogen and oxygen atoms in total. The van der Waals surface area contributed by atoms with E-state index in [1.807, 2.05) is 0 Å². The molecule has 1 fully saturated rings. The van der Waals surface area contributed by atoms with Crippen molar-refractivity contribution in [2.75, 3.05) is 0 Å². The van der Waals surface area contributed by atoms with Crippen molar-refractivity contribution in [3.8, 4) is 0 Å². The second-order valence-electron chi connectivity index (χ2n) is 3.88. The third kappa shape index (κ3) is 1.98. The summed E-state index contributed by atoms with van der Waals surface area (Å²) in [5, 5.41) is 9.22. The van der Waals surface area contributed by atoms with Crippen molar-refractivity contribution in [1.29, 1.82) is 0 Å². The maximum atomic E-state index is 9.22. The first-order valence-electron chi connectivity index (χ1n) is 4.38. The Balaban J connectivity index is 2.03. The lowest BCUT2D eigenvalue weighted by molar-refractivity contribution is 0.0168.